The number of nitrogens with zero attached hydrogens (tertiary/aromatic N) is 6. The molecule has 1 amide bonds. The van der Waals surface area contributed by atoms with Crippen molar-refractivity contribution in [3.63, 3.8) is 0 Å². The molecule has 2 heterocycles. The maximum Gasteiger partial charge on any atom is 0.412 e. The summed E-state index contributed by atoms with van der Waals surface area (Å²) >= 11 is 0. The summed E-state index contributed by atoms with van der Waals surface area (Å²) in [5, 5.41) is 26.3. The van der Waals surface area contributed by atoms with Crippen molar-refractivity contribution in [3.8, 4) is 17.3 Å². The summed E-state index contributed by atoms with van der Waals surface area (Å²) < 4.78 is 1.60. The molecule has 160 valence electrons. The second-order valence-corrected chi connectivity index (χ2v) is 8.13. The van der Waals surface area contributed by atoms with Gasteiger partial charge in [-0.1, -0.05) is 24.3 Å². The highest BCUT2D eigenvalue weighted by Crippen LogP contribution is 2.27. The highest BCUT2D eigenvalue weighted by atomic mass is 16.4. The van der Waals surface area contributed by atoms with Gasteiger partial charge in [0.25, 0.3) is 0 Å². The summed E-state index contributed by atoms with van der Waals surface area (Å²) in [5.41, 5.74) is 3.15. The van der Waals surface area contributed by atoms with Crippen LogP contribution in [0.3, 0.4) is 0 Å². The Morgan fingerprint density at radius 1 is 1.16 bits per heavy atom. The molecule has 0 aliphatic heterocycles. The van der Waals surface area contributed by atoms with E-state index in [4.69, 9.17) is 0 Å². The molecular formula is C23H21N7O2. The number of anilines is 3. The van der Waals surface area contributed by atoms with Crippen LogP contribution in [0.1, 0.15) is 26.3 Å². The molecule has 9 nitrogen and oxygen atoms in total. The molecule has 4 rings (SSSR count). The van der Waals surface area contributed by atoms with Crippen LogP contribution >= 0.6 is 0 Å². The number of carbonyl (C=O) groups is 1. The van der Waals surface area contributed by atoms with Crippen molar-refractivity contribution in [2.45, 2.75) is 26.3 Å². The zero-order valence-corrected chi connectivity index (χ0v) is 17.8. The predicted octanol–water partition coefficient (Wildman–Crippen LogP) is 4.69. The molecular weight excluding hydrogens is 406 g/mol. The van der Waals surface area contributed by atoms with Crippen LogP contribution in [-0.2, 0) is 0 Å². The van der Waals surface area contributed by atoms with E-state index in [2.05, 4.69) is 26.5 Å². The molecule has 0 radical (unpaired) electrons. The number of benzene rings is 2. The van der Waals surface area contributed by atoms with Gasteiger partial charge in [0.15, 0.2) is 5.65 Å². The van der Waals surface area contributed by atoms with E-state index in [1.54, 1.807) is 47.2 Å². The Balaban J connectivity index is 1.62. The molecule has 0 saturated heterocycles. The summed E-state index contributed by atoms with van der Waals surface area (Å²) in [5.74, 6) is 0.351. The molecule has 2 N–H and O–H groups in total. The lowest BCUT2D eigenvalue weighted by atomic mass is 10.0. The van der Waals surface area contributed by atoms with E-state index in [0.717, 1.165) is 5.56 Å². The van der Waals surface area contributed by atoms with Crippen molar-refractivity contribution in [2.24, 2.45) is 0 Å². The maximum atomic E-state index is 11.7. The van der Waals surface area contributed by atoms with Gasteiger partial charge in [-0.3, -0.25) is 9.88 Å². The predicted molar refractivity (Wildman–Crippen MR) is 121 cm³/mol. The Bertz CT molecular complexity index is 1330. The Labute approximate surface area is 184 Å². The van der Waals surface area contributed by atoms with Crippen LogP contribution in [0.15, 0.2) is 60.9 Å². The molecule has 0 spiro atoms. The van der Waals surface area contributed by atoms with Crippen LogP contribution in [0.2, 0.25) is 0 Å². The van der Waals surface area contributed by atoms with Crippen molar-refractivity contribution in [2.75, 3.05) is 10.2 Å². The second kappa shape index (κ2) is 8.00. The minimum atomic E-state index is -1.01. The van der Waals surface area contributed by atoms with Crippen LogP contribution in [0.5, 0.6) is 0 Å². The van der Waals surface area contributed by atoms with Crippen molar-refractivity contribution in [1.29, 1.82) is 5.26 Å². The second-order valence-electron chi connectivity index (χ2n) is 8.13. The molecule has 0 saturated carbocycles. The first-order valence-corrected chi connectivity index (χ1v) is 9.88. The lowest BCUT2D eigenvalue weighted by Gasteiger charge is -2.33. The topological polar surface area (TPSA) is 119 Å². The zero-order chi connectivity index (χ0) is 22.9. The molecule has 0 fully saturated rings. The fraction of sp³-hybridized carbons (Fsp3) is 0.174. The molecule has 0 aliphatic rings. The molecule has 0 aliphatic carbocycles. The summed E-state index contributed by atoms with van der Waals surface area (Å²) in [6, 6.07) is 16.4. The van der Waals surface area contributed by atoms with Crippen molar-refractivity contribution in [1.82, 2.24) is 19.6 Å². The number of amides is 1. The third-order valence-corrected chi connectivity index (χ3v) is 4.80. The average Bonchev–Trinajstić information content (AvgIpc) is 3.15. The fourth-order valence-electron chi connectivity index (χ4n) is 3.37. The monoisotopic (exact) mass is 427 g/mol. The number of fused-ring (bicyclic) bond motifs is 1. The summed E-state index contributed by atoms with van der Waals surface area (Å²) in [6.45, 7) is 5.53. The Morgan fingerprint density at radius 2 is 1.88 bits per heavy atom. The van der Waals surface area contributed by atoms with E-state index in [-0.39, 0.29) is 0 Å². The third-order valence-electron chi connectivity index (χ3n) is 4.80. The summed E-state index contributed by atoms with van der Waals surface area (Å²) in [6.07, 6.45) is 2.35. The molecule has 0 atom stereocenters. The highest BCUT2D eigenvalue weighted by molar-refractivity contribution is 5.88. The minimum absolute atomic E-state index is 0.351. The number of nitrogens with one attached hydrogen (secondary N) is 1. The number of hydrogen-bond donors (Lipinski definition) is 2. The molecule has 2 aromatic carbocycles. The van der Waals surface area contributed by atoms with Crippen molar-refractivity contribution >= 4 is 29.1 Å². The van der Waals surface area contributed by atoms with Crippen LogP contribution in [-0.4, -0.2) is 36.3 Å². The van der Waals surface area contributed by atoms with Gasteiger partial charge in [0.2, 0.25) is 5.95 Å². The van der Waals surface area contributed by atoms with E-state index in [1.165, 1.54) is 4.90 Å². The molecule has 4 aromatic rings. The van der Waals surface area contributed by atoms with Crippen molar-refractivity contribution < 1.29 is 9.90 Å². The average molecular weight is 427 g/mol. The number of rotatable bonds is 4. The van der Waals surface area contributed by atoms with Gasteiger partial charge in [-0.25, -0.2) is 9.31 Å². The lowest BCUT2D eigenvalue weighted by molar-refractivity contribution is 0.195. The van der Waals surface area contributed by atoms with E-state index < -0.39 is 11.6 Å². The van der Waals surface area contributed by atoms with Gasteiger partial charge in [0.1, 0.15) is 6.07 Å². The van der Waals surface area contributed by atoms with Gasteiger partial charge < -0.3 is 10.4 Å². The number of hydrogen-bond acceptors (Lipinski definition) is 6. The van der Waals surface area contributed by atoms with Crippen LogP contribution in [0, 0.1) is 11.3 Å². The van der Waals surface area contributed by atoms with E-state index in [1.807, 2.05) is 39.0 Å². The molecule has 32 heavy (non-hydrogen) atoms. The largest absolute Gasteiger partial charge is 0.465 e. The zero-order valence-electron chi connectivity index (χ0n) is 17.8. The quantitative estimate of drug-likeness (QED) is 0.485. The standard InChI is InChI=1S/C23H21N7O2/c1-23(2,3)30(22(31)32)17-10-8-15(9-11-17)19-14-29-20(13-25-19)27-21(28-29)26-18-7-5-4-6-16(18)12-24/h4-11,13-14H,1-3H3,(H,26,28)(H,31,32). The van der Waals surface area contributed by atoms with Gasteiger partial charge >= 0.3 is 6.09 Å². The van der Waals surface area contributed by atoms with Crippen LogP contribution in [0.25, 0.3) is 16.9 Å². The van der Waals surface area contributed by atoms with Gasteiger partial charge in [-0.15, -0.1) is 5.10 Å². The van der Waals surface area contributed by atoms with Crippen molar-refractivity contribution in [3.05, 3.63) is 66.5 Å². The minimum Gasteiger partial charge on any atom is -0.465 e. The first-order valence-electron chi connectivity index (χ1n) is 9.88. The maximum absolute atomic E-state index is 11.7. The first kappa shape index (κ1) is 20.8. The summed E-state index contributed by atoms with van der Waals surface area (Å²) in [7, 11) is 0. The van der Waals surface area contributed by atoms with E-state index >= 15 is 0 Å². The normalized spacial score (nSPS) is 11.2. The van der Waals surface area contributed by atoms with Gasteiger partial charge in [-0.2, -0.15) is 10.2 Å². The Morgan fingerprint density at radius 3 is 2.53 bits per heavy atom. The highest BCUT2D eigenvalue weighted by Gasteiger charge is 2.27. The third kappa shape index (κ3) is 4.06. The Hall–Kier alpha value is -4.45. The van der Waals surface area contributed by atoms with Gasteiger partial charge in [0.05, 0.1) is 29.3 Å². The van der Waals surface area contributed by atoms with Gasteiger partial charge in [-0.05, 0) is 45.0 Å². The SMILES string of the molecule is CC(C)(C)N(C(=O)O)c1ccc(-c2cn3nc(Nc4ccccc4C#N)nc3cn2)cc1. The number of para-hydroxylation sites is 1. The van der Waals surface area contributed by atoms with Crippen LogP contribution < -0.4 is 10.2 Å². The van der Waals surface area contributed by atoms with Crippen LogP contribution in [0.4, 0.5) is 22.1 Å². The lowest BCUT2D eigenvalue weighted by Crippen LogP contribution is -2.45. The molecule has 0 bridgehead atoms. The number of aromatic nitrogens is 4. The molecule has 2 aromatic heterocycles. The van der Waals surface area contributed by atoms with Gasteiger partial charge in [0, 0.05) is 16.8 Å². The summed E-state index contributed by atoms with van der Waals surface area (Å²) in [4.78, 5) is 21.9. The Kier molecular flexibility index (Phi) is 5.20. The fourth-order valence-corrected chi connectivity index (χ4v) is 3.37. The molecule has 9 heteroatoms. The van der Waals surface area contributed by atoms with E-state index in [9.17, 15) is 15.2 Å². The smallest absolute Gasteiger partial charge is 0.412 e. The number of carboxylic acid groups (broad SMARTS) is 1. The first-order chi connectivity index (χ1) is 15.3. The number of nitriles is 1. The van der Waals surface area contributed by atoms with E-state index in [0.29, 0.717) is 34.2 Å². The molecule has 0 unspecified atom stereocenters.